The van der Waals surface area contributed by atoms with E-state index in [2.05, 4.69) is 28.1 Å². The van der Waals surface area contributed by atoms with Gasteiger partial charge in [-0.15, -0.1) is 0 Å². The molecular weight excluding hydrogens is 266 g/mol. The van der Waals surface area contributed by atoms with Crippen LogP contribution in [0.3, 0.4) is 0 Å². The molecule has 0 aliphatic carbocycles. The van der Waals surface area contributed by atoms with Crippen LogP contribution in [0, 0.1) is 0 Å². The third-order valence-electron chi connectivity index (χ3n) is 3.05. The number of benzene rings is 1. The van der Waals surface area contributed by atoms with Crippen molar-refractivity contribution in [2.45, 2.75) is 37.8 Å². The molecule has 1 saturated heterocycles. The standard InChI is InChI=1S/C13H18BrNO/c14-11-5-3-4-10(8-11)9-12(15)13-6-1-2-7-16-13/h3-5,8,12-13H,1-2,6-7,9,15H2. The first-order valence-corrected chi connectivity index (χ1v) is 6.66. The van der Waals surface area contributed by atoms with Gasteiger partial charge in [-0.05, 0) is 43.4 Å². The lowest BCUT2D eigenvalue weighted by Gasteiger charge is -2.28. The fourth-order valence-corrected chi connectivity index (χ4v) is 2.62. The molecule has 0 aromatic heterocycles. The van der Waals surface area contributed by atoms with Gasteiger partial charge in [-0.2, -0.15) is 0 Å². The van der Waals surface area contributed by atoms with Crippen LogP contribution in [-0.4, -0.2) is 18.8 Å². The number of rotatable bonds is 3. The van der Waals surface area contributed by atoms with Gasteiger partial charge in [-0.25, -0.2) is 0 Å². The summed E-state index contributed by atoms with van der Waals surface area (Å²) in [6, 6.07) is 8.45. The summed E-state index contributed by atoms with van der Waals surface area (Å²) in [6.07, 6.45) is 4.67. The Morgan fingerprint density at radius 3 is 3.00 bits per heavy atom. The minimum absolute atomic E-state index is 0.120. The Hall–Kier alpha value is -0.380. The first kappa shape index (κ1) is 12.1. The van der Waals surface area contributed by atoms with Gasteiger partial charge >= 0.3 is 0 Å². The summed E-state index contributed by atoms with van der Waals surface area (Å²) < 4.78 is 6.82. The quantitative estimate of drug-likeness (QED) is 0.926. The molecule has 1 aliphatic rings. The third kappa shape index (κ3) is 3.30. The molecule has 0 bridgehead atoms. The summed E-state index contributed by atoms with van der Waals surface area (Å²) in [5.74, 6) is 0. The van der Waals surface area contributed by atoms with Crippen molar-refractivity contribution in [3.63, 3.8) is 0 Å². The number of hydrogen-bond donors (Lipinski definition) is 1. The van der Waals surface area contributed by atoms with E-state index in [0.29, 0.717) is 0 Å². The van der Waals surface area contributed by atoms with Crippen molar-refractivity contribution >= 4 is 15.9 Å². The summed E-state index contributed by atoms with van der Waals surface area (Å²) in [7, 11) is 0. The van der Waals surface area contributed by atoms with E-state index in [1.165, 1.54) is 18.4 Å². The lowest BCUT2D eigenvalue weighted by atomic mass is 9.97. The summed E-state index contributed by atoms with van der Waals surface area (Å²) in [5.41, 5.74) is 7.46. The molecule has 0 radical (unpaired) electrons. The highest BCUT2D eigenvalue weighted by Crippen LogP contribution is 2.19. The van der Waals surface area contributed by atoms with Crippen molar-refractivity contribution in [2.24, 2.45) is 5.73 Å². The predicted molar refractivity (Wildman–Crippen MR) is 69.4 cm³/mol. The van der Waals surface area contributed by atoms with Crippen LogP contribution < -0.4 is 5.73 Å². The van der Waals surface area contributed by atoms with Crippen LogP contribution in [0.4, 0.5) is 0 Å². The molecule has 0 amide bonds. The van der Waals surface area contributed by atoms with Crippen LogP contribution in [0.15, 0.2) is 28.7 Å². The minimum Gasteiger partial charge on any atom is -0.377 e. The van der Waals surface area contributed by atoms with E-state index in [1.54, 1.807) is 0 Å². The molecule has 1 aliphatic heterocycles. The van der Waals surface area contributed by atoms with Gasteiger partial charge in [0.05, 0.1) is 6.10 Å². The van der Waals surface area contributed by atoms with Crippen LogP contribution in [0.2, 0.25) is 0 Å². The Bertz CT molecular complexity index is 336. The van der Waals surface area contributed by atoms with Gasteiger partial charge in [-0.3, -0.25) is 0 Å². The zero-order chi connectivity index (χ0) is 11.4. The van der Waals surface area contributed by atoms with Crippen LogP contribution in [0.5, 0.6) is 0 Å². The zero-order valence-corrected chi connectivity index (χ0v) is 10.9. The second-order valence-corrected chi connectivity index (χ2v) is 5.32. The van der Waals surface area contributed by atoms with Crippen molar-refractivity contribution in [3.8, 4) is 0 Å². The van der Waals surface area contributed by atoms with Gasteiger partial charge in [0.2, 0.25) is 0 Å². The number of nitrogens with two attached hydrogens (primary N) is 1. The molecular formula is C13H18BrNO. The summed E-state index contributed by atoms with van der Waals surface area (Å²) in [4.78, 5) is 0. The summed E-state index contributed by atoms with van der Waals surface area (Å²) >= 11 is 3.48. The Morgan fingerprint density at radius 1 is 1.44 bits per heavy atom. The lowest BCUT2D eigenvalue weighted by molar-refractivity contribution is 0.000633. The molecule has 2 rings (SSSR count). The topological polar surface area (TPSA) is 35.2 Å². The monoisotopic (exact) mass is 283 g/mol. The molecule has 88 valence electrons. The highest BCUT2D eigenvalue weighted by molar-refractivity contribution is 9.10. The number of ether oxygens (including phenoxy) is 1. The first-order chi connectivity index (χ1) is 7.75. The predicted octanol–water partition coefficient (Wildman–Crippen LogP) is 2.89. The lowest BCUT2D eigenvalue weighted by Crippen LogP contribution is -2.40. The van der Waals surface area contributed by atoms with Crippen molar-refractivity contribution in [1.29, 1.82) is 0 Å². The van der Waals surface area contributed by atoms with Crippen molar-refractivity contribution in [1.82, 2.24) is 0 Å². The number of hydrogen-bond acceptors (Lipinski definition) is 2. The van der Waals surface area contributed by atoms with Crippen LogP contribution >= 0.6 is 15.9 Å². The SMILES string of the molecule is NC(Cc1cccc(Br)c1)C1CCCCO1. The molecule has 2 atom stereocenters. The average Bonchev–Trinajstić information content (AvgIpc) is 2.30. The molecule has 2 unspecified atom stereocenters. The highest BCUT2D eigenvalue weighted by Gasteiger charge is 2.21. The fourth-order valence-electron chi connectivity index (χ4n) is 2.17. The van der Waals surface area contributed by atoms with Gasteiger partial charge < -0.3 is 10.5 Å². The molecule has 2 N–H and O–H groups in total. The van der Waals surface area contributed by atoms with E-state index in [0.717, 1.165) is 23.9 Å². The molecule has 16 heavy (non-hydrogen) atoms. The maximum atomic E-state index is 6.19. The molecule has 0 spiro atoms. The Balaban J connectivity index is 1.93. The van der Waals surface area contributed by atoms with Crippen LogP contribution in [0.25, 0.3) is 0 Å². The molecule has 1 aromatic carbocycles. The molecule has 2 nitrogen and oxygen atoms in total. The molecule has 0 saturated carbocycles. The molecule has 1 fully saturated rings. The van der Waals surface area contributed by atoms with Gasteiger partial charge in [0.25, 0.3) is 0 Å². The minimum atomic E-state index is 0.120. The summed E-state index contributed by atoms with van der Waals surface area (Å²) in [6.45, 7) is 0.872. The zero-order valence-electron chi connectivity index (χ0n) is 9.36. The van der Waals surface area contributed by atoms with E-state index >= 15 is 0 Å². The van der Waals surface area contributed by atoms with E-state index in [9.17, 15) is 0 Å². The fraction of sp³-hybridized carbons (Fsp3) is 0.538. The van der Waals surface area contributed by atoms with Crippen molar-refractivity contribution in [3.05, 3.63) is 34.3 Å². The molecule has 1 heterocycles. The molecule has 1 aromatic rings. The van der Waals surface area contributed by atoms with Crippen LogP contribution in [-0.2, 0) is 11.2 Å². The van der Waals surface area contributed by atoms with E-state index < -0.39 is 0 Å². The average molecular weight is 284 g/mol. The van der Waals surface area contributed by atoms with Gasteiger partial charge in [0, 0.05) is 17.1 Å². The highest BCUT2D eigenvalue weighted by atomic mass is 79.9. The normalized spacial score (nSPS) is 23.0. The van der Waals surface area contributed by atoms with Gasteiger partial charge in [-0.1, -0.05) is 28.1 Å². The van der Waals surface area contributed by atoms with Gasteiger partial charge in [0.1, 0.15) is 0 Å². The Labute approximate surface area is 105 Å². The maximum Gasteiger partial charge on any atom is 0.0729 e. The van der Waals surface area contributed by atoms with Crippen LogP contribution in [0.1, 0.15) is 24.8 Å². The second-order valence-electron chi connectivity index (χ2n) is 4.40. The second kappa shape index (κ2) is 5.80. The van der Waals surface area contributed by atoms with E-state index in [-0.39, 0.29) is 12.1 Å². The number of halogens is 1. The van der Waals surface area contributed by atoms with Crippen molar-refractivity contribution in [2.75, 3.05) is 6.61 Å². The Morgan fingerprint density at radius 2 is 2.31 bits per heavy atom. The first-order valence-electron chi connectivity index (χ1n) is 5.87. The van der Waals surface area contributed by atoms with Crippen molar-refractivity contribution < 1.29 is 4.74 Å². The smallest absolute Gasteiger partial charge is 0.0729 e. The van der Waals surface area contributed by atoms with Gasteiger partial charge in [0.15, 0.2) is 0 Å². The van der Waals surface area contributed by atoms with E-state index in [1.807, 2.05) is 12.1 Å². The maximum absolute atomic E-state index is 6.19. The third-order valence-corrected chi connectivity index (χ3v) is 3.55. The van der Waals surface area contributed by atoms with E-state index in [4.69, 9.17) is 10.5 Å². The largest absolute Gasteiger partial charge is 0.377 e. The summed E-state index contributed by atoms with van der Waals surface area (Å²) in [5, 5.41) is 0. The Kier molecular flexibility index (Phi) is 4.38. The molecule has 3 heteroatoms.